The normalized spacial score (nSPS) is 17.6. The number of carbonyl (C=O) groups excluding carboxylic acids is 1. The van der Waals surface area contributed by atoms with Crippen LogP contribution in [0.5, 0.6) is 0 Å². The maximum absolute atomic E-state index is 13.3. The fraction of sp³-hybridized carbons (Fsp3) is 0.500. The first-order valence-electron chi connectivity index (χ1n) is 5.60. The predicted molar refractivity (Wildman–Crippen MR) is 58.5 cm³/mol. The first-order chi connectivity index (χ1) is 7.67. The third-order valence-electron chi connectivity index (χ3n) is 3.37. The Morgan fingerprint density at radius 2 is 2.38 bits per heavy atom. The number of amides is 1. The topological polar surface area (TPSA) is 42.0 Å². The molecule has 1 aliphatic rings. The van der Waals surface area contributed by atoms with Crippen LogP contribution in [-0.4, -0.2) is 16.4 Å². The summed E-state index contributed by atoms with van der Waals surface area (Å²) in [5, 5.41) is 2.92. The third-order valence-corrected chi connectivity index (χ3v) is 3.37. The number of nitrogens with one attached hydrogen (secondary N) is 1. The fourth-order valence-electron chi connectivity index (χ4n) is 2.03. The number of hydrogen-bond acceptors (Lipinski definition) is 2. The maximum Gasteiger partial charge on any atom is 0.256 e. The van der Waals surface area contributed by atoms with Crippen molar-refractivity contribution < 1.29 is 9.18 Å². The first kappa shape index (κ1) is 11.0. The molecule has 0 spiro atoms. The molecule has 3 nitrogen and oxygen atoms in total. The standard InChI is InChI=1S/C12H15FN2O/c1-2-12(6-4-7-12)15-11(16)9-5-3-8-14-10(9)13/h3,5,8H,2,4,6-7H2,1H3,(H,15,16). The number of pyridine rings is 1. The van der Waals surface area contributed by atoms with E-state index in [9.17, 15) is 9.18 Å². The lowest BCUT2D eigenvalue weighted by Gasteiger charge is -2.42. The van der Waals surface area contributed by atoms with Gasteiger partial charge in [0, 0.05) is 11.7 Å². The molecule has 1 heterocycles. The molecule has 1 aliphatic carbocycles. The summed E-state index contributed by atoms with van der Waals surface area (Å²) in [4.78, 5) is 15.3. The van der Waals surface area contributed by atoms with Crippen molar-refractivity contribution >= 4 is 5.91 Å². The van der Waals surface area contributed by atoms with E-state index >= 15 is 0 Å². The van der Waals surface area contributed by atoms with Gasteiger partial charge in [-0.1, -0.05) is 6.92 Å². The highest BCUT2D eigenvalue weighted by Gasteiger charge is 2.36. The summed E-state index contributed by atoms with van der Waals surface area (Å²) in [6.07, 6.45) is 5.32. The minimum absolute atomic E-state index is 0.0298. The summed E-state index contributed by atoms with van der Waals surface area (Å²) in [5.74, 6) is -1.06. The van der Waals surface area contributed by atoms with E-state index in [0.29, 0.717) is 0 Å². The van der Waals surface area contributed by atoms with Gasteiger partial charge in [0.05, 0.1) is 5.56 Å². The van der Waals surface area contributed by atoms with Gasteiger partial charge < -0.3 is 5.32 Å². The molecular formula is C12H15FN2O. The summed E-state index contributed by atoms with van der Waals surface area (Å²) in [5.41, 5.74) is -0.0819. The Labute approximate surface area is 94.1 Å². The number of carbonyl (C=O) groups is 1. The van der Waals surface area contributed by atoms with Crippen molar-refractivity contribution in [3.63, 3.8) is 0 Å². The lowest BCUT2D eigenvalue weighted by Crippen LogP contribution is -2.53. The monoisotopic (exact) mass is 222 g/mol. The van der Waals surface area contributed by atoms with Crippen LogP contribution >= 0.6 is 0 Å². The van der Waals surface area contributed by atoms with Gasteiger partial charge in [-0.3, -0.25) is 4.79 Å². The van der Waals surface area contributed by atoms with Crippen molar-refractivity contribution in [3.8, 4) is 0 Å². The van der Waals surface area contributed by atoms with Crippen LogP contribution < -0.4 is 5.32 Å². The zero-order valence-electron chi connectivity index (χ0n) is 9.29. The predicted octanol–water partition coefficient (Wildman–Crippen LogP) is 2.28. The van der Waals surface area contributed by atoms with Gasteiger partial charge in [-0.2, -0.15) is 4.39 Å². The van der Waals surface area contributed by atoms with Gasteiger partial charge in [-0.25, -0.2) is 4.98 Å². The Kier molecular flexibility index (Phi) is 2.90. The van der Waals surface area contributed by atoms with Gasteiger partial charge >= 0.3 is 0 Å². The van der Waals surface area contributed by atoms with Crippen LogP contribution in [0.3, 0.4) is 0 Å². The van der Waals surface area contributed by atoms with E-state index in [0.717, 1.165) is 25.7 Å². The van der Waals surface area contributed by atoms with Crippen LogP contribution in [0.4, 0.5) is 4.39 Å². The zero-order chi connectivity index (χ0) is 11.6. The summed E-state index contributed by atoms with van der Waals surface area (Å²) >= 11 is 0. The number of halogens is 1. The molecule has 0 saturated heterocycles. The summed E-state index contributed by atoms with van der Waals surface area (Å²) in [6.45, 7) is 2.04. The molecular weight excluding hydrogens is 207 g/mol. The van der Waals surface area contributed by atoms with E-state index < -0.39 is 5.95 Å². The third kappa shape index (κ3) is 1.92. The summed E-state index contributed by atoms with van der Waals surface area (Å²) < 4.78 is 13.3. The second-order valence-corrected chi connectivity index (χ2v) is 4.28. The van der Waals surface area contributed by atoms with Crippen molar-refractivity contribution in [2.45, 2.75) is 38.1 Å². The highest BCUT2D eigenvalue weighted by molar-refractivity contribution is 5.94. The lowest BCUT2D eigenvalue weighted by atomic mass is 9.74. The second kappa shape index (κ2) is 4.20. The lowest BCUT2D eigenvalue weighted by molar-refractivity contribution is 0.0815. The van der Waals surface area contributed by atoms with Gasteiger partial charge in [0.1, 0.15) is 0 Å². The van der Waals surface area contributed by atoms with E-state index in [1.807, 2.05) is 6.92 Å². The van der Waals surface area contributed by atoms with Crippen molar-refractivity contribution in [1.29, 1.82) is 0 Å². The molecule has 16 heavy (non-hydrogen) atoms. The molecule has 0 radical (unpaired) electrons. The Hall–Kier alpha value is -1.45. The molecule has 0 aromatic carbocycles. The van der Waals surface area contributed by atoms with Crippen LogP contribution in [0.1, 0.15) is 43.0 Å². The highest BCUT2D eigenvalue weighted by Crippen LogP contribution is 2.34. The van der Waals surface area contributed by atoms with Crippen molar-refractivity contribution in [1.82, 2.24) is 10.3 Å². The minimum Gasteiger partial charge on any atom is -0.346 e. The van der Waals surface area contributed by atoms with Gasteiger partial charge in [-0.05, 0) is 37.8 Å². The molecule has 1 saturated carbocycles. The minimum atomic E-state index is -0.703. The molecule has 1 aromatic rings. The molecule has 86 valence electrons. The Morgan fingerprint density at radius 1 is 1.62 bits per heavy atom. The van der Waals surface area contributed by atoms with E-state index in [1.54, 1.807) is 6.07 Å². The molecule has 0 aliphatic heterocycles. The molecule has 1 fully saturated rings. The van der Waals surface area contributed by atoms with Crippen molar-refractivity contribution in [2.24, 2.45) is 0 Å². The molecule has 1 amide bonds. The number of aromatic nitrogens is 1. The van der Waals surface area contributed by atoms with Gasteiger partial charge in [0.2, 0.25) is 5.95 Å². The fourth-order valence-corrected chi connectivity index (χ4v) is 2.03. The van der Waals surface area contributed by atoms with Crippen LogP contribution in [0, 0.1) is 5.95 Å². The van der Waals surface area contributed by atoms with Crippen molar-refractivity contribution in [2.75, 3.05) is 0 Å². The van der Waals surface area contributed by atoms with Crippen LogP contribution in [0.25, 0.3) is 0 Å². The number of rotatable bonds is 3. The quantitative estimate of drug-likeness (QED) is 0.797. The average molecular weight is 222 g/mol. The van der Waals surface area contributed by atoms with Gasteiger partial charge in [0.25, 0.3) is 5.91 Å². The zero-order valence-corrected chi connectivity index (χ0v) is 9.29. The van der Waals surface area contributed by atoms with E-state index in [1.165, 1.54) is 12.3 Å². The summed E-state index contributed by atoms with van der Waals surface area (Å²) in [6, 6.07) is 3.02. The first-order valence-corrected chi connectivity index (χ1v) is 5.60. The second-order valence-electron chi connectivity index (χ2n) is 4.28. The Balaban J connectivity index is 2.11. The van der Waals surface area contributed by atoms with Gasteiger partial charge in [0.15, 0.2) is 0 Å². The number of nitrogens with zero attached hydrogens (tertiary/aromatic N) is 1. The molecule has 0 atom stereocenters. The highest BCUT2D eigenvalue weighted by atomic mass is 19.1. The van der Waals surface area contributed by atoms with E-state index in [4.69, 9.17) is 0 Å². The molecule has 4 heteroatoms. The molecule has 1 N–H and O–H groups in total. The van der Waals surface area contributed by atoms with Crippen LogP contribution in [0.15, 0.2) is 18.3 Å². The van der Waals surface area contributed by atoms with Crippen LogP contribution in [0.2, 0.25) is 0 Å². The smallest absolute Gasteiger partial charge is 0.256 e. The number of hydrogen-bond donors (Lipinski definition) is 1. The van der Waals surface area contributed by atoms with Crippen LogP contribution in [-0.2, 0) is 0 Å². The SMILES string of the molecule is CCC1(NC(=O)c2cccnc2F)CCC1. The summed E-state index contributed by atoms with van der Waals surface area (Å²) in [7, 11) is 0. The molecule has 1 aromatic heterocycles. The molecule has 0 unspecified atom stereocenters. The average Bonchev–Trinajstić information content (AvgIpc) is 2.24. The Bertz CT molecular complexity index is 396. The Morgan fingerprint density at radius 3 is 2.88 bits per heavy atom. The van der Waals surface area contributed by atoms with E-state index in [2.05, 4.69) is 10.3 Å². The molecule has 0 bridgehead atoms. The van der Waals surface area contributed by atoms with Crippen molar-refractivity contribution in [3.05, 3.63) is 29.8 Å². The largest absolute Gasteiger partial charge is 0.346 e. The maximum atomic E-state index is 13.3. The van der Waals surface area contributed by atoms with E-state index in [-0.39, 0.29) is 17.0 Å². The molecule has 2 rings (SSSR count). The van der Waals surface area contributed by atoms with Gasteiger partial charge in [-0.15, -0.1) is 0 Å².